The highest BCUT2D eigenvalue weighted by Gasteiger charge is 2.18. The minimum Gasteiger partial charge on any atom is -0.494 e. The summed E-state index contributed by atoms with van der Waals surface area (Å²) in [6.07, 6.45) is 1.51. The molecule has 0 aliphatic rings. The molecule has 4 nitrogen and oxygen atoms in total. The van der Waals surface area contributed by atoms with E-state index in [1.165, 1.54) is 25.3 Å². The second-order valence-corrected chi connectivity index (χ2v) is 6.34. The zero-order valence-corrected chi connectivity index (χ0v) is 15.6. The first-order valence-corrected chi connectivity index (χ1v) is 8.81. The van der Waals surface area contributed by atoms with Gasteiger partial charge in [-0.1, -0.05) is 25.5 Å². The molecule has 27 heavy (non-hydrogen) atoms. The van der Waals surface area contributed by atoms with E-state index in [0.29, 0.717) is 40.4 Å². The molecule has 0 bridgehead atoms. The first-order chi connectivity index (χ1) is 13.0. The van der Waals surface area contributed by atoms with Gasteiger partial charge < -0.3 is 9.84 Å². The number of aromatic nitrogens is 2. The molecule has 0 aliphatic heterocycles. The molecule has 0 amide bonds. The Kier molecular flexibility index (Phi) is 5.56. The first-order valence-electron chi connectivity index (χ1n) is 8.81. The average molecular weight is 372 g/mol. The van der Waals surface area contributed by atoms with E-state index in [2.05, 4.69) is 4.98 Å². The van der Waals surface area contributed by atoms with Crippen LogP contribution in [0.1, 0.15) is 30.3 Å². The predicted molar refractivity (Wildman–Crippen MR) is 100 cm³/mol. The number of aliphatic hydroxyl groups excluding tert-OH is 1. The maximum absolute atomic E-state index is 14.4. The Bertz CT molecular complexity index is 967. The van der Waals surface area contributed by atoms with Gasteiger partial charge in [-0.15, -0.1) is 0 Å². The fraction of sp³-hybridized carbons (Fsp3) is 0.286. The lowest BCUT2D eigenvalue weighted by molar-refractivity contribution is 0.276. The number of methoxy groups -OCH3 is 1. The molecule has 0 aliphatic carbocycles. The van der Waals surface area contributed by atoms with Crippen LogP contribution in [0, 0.1) is 18.6 Å². The third-order valence-corrected chi connectivity index (χ3v) is 4.58. The van der Waals surface area contributed by atoms with Gasteiger partial charge >= 0.3 is 0 Å². The summed E-state index contributed by atoms with van der Waals surface area (Å²) in [5, 5.41) is 9.61. The van der Waals surface area contributed by atoms with Gasteiger partial charge in [0.15, 0.2) is 11.6 Å². The quantitative estimate of drug-likeness (QED) is 0.689. The van der Waals surface area contributed by atoms with E-state index in [1.54, 1.807) is 29.7 Å². The van der Waals surface area contributed by atoms with Crippen LogP contribution in [-0.2, 0) is 13.0 Å². The maximum Gasteiger partial charge on any atom is 0.167 e. The summed E-state index contributed by atoms with van der Waals surface area (Å²) >= 11 is 0. The van der Waals surface area contributed by atoms with Crippen molar-refractivity contribution in [2.24, 2.45) is 0 Å². The van der Waals surface area contributed by atoms with E-state index in [1.807, 2.05) is 6.92 Å². The number of aryl methyl sites for hydroxylation is 1. The lowest BCUT2D eigenvalue weighted by Gasteiger charge is -2.13. The van der Waals surface area contributed by atoms with Crippen molar-refractivity contribution >= 4 is 0 Å². The molecular formula is C21H22F2N2O2. The molecule has 0 unspecified atom stereocenters. The largest absolute Gasteiger partial charge is 0.494 e. The van der Waals surface area contributed by atoms with Crippen molar-refractivity contribution in [2.75, 3.05) is 7.11 Å². The summed E-state index contributed by atoms with van der Waals surface area (Å²) in [6.45, 7) is 3.52. The highest BCUT2D eigenvalue weighted by atomic mass is 19.1. The predicted octanol–water partition coefficient (Wildman–Crippen LogP) is 4.58. The summed E-state index contributed by atoms with van der Waals surface area (Å²) < 4.78 is 35.4. The molecule has 2 aromatic carbocycles. The normalized spacial score (nSPS) is 11.0. The Morgan fingerprint density at radius 1 is 1.11 bits per heavy atom. The Balaban J connectivity index is 2.17. The Labute approximate surface area is 157 Å². The maximum atomic E-state index is 14.4. The summed E-state index contributed by atoms with van der Waals surface area (Å²) in [7, 11) is 1.40. The van der Waals surface area contributed by atoms with Gasteiger partial charge in [-0.2, -0.15) is 0 Å². The molecule has 0 saturated heterocycles. The fourth-order valence-electron chi connectivity index (χ4n) is 3.16. The van der Waals surface area contributed by atoms with E-state index in [-0.39, 0.29) is 18.2 Å². The van der Waals surface area contributed by atoms with Crippen LogP contribution in [-0.4, -0.2) is 21.8 Å². The van der Waals surface area contributed by atoms with Crippen LogP contribution in [0.5, 0.6) is 5.75 Å². The number of aliphatic hydroxyl groups is 1. The second kappa shape index (κ2) is 7.88. The molecule has 1 N–H and O–H groups in total. The number of ether oxygens (including phenoxy) is 1. The van der Waals surface area contributed by atoms with Gasteiger partial charge in [0.05, 0.1) is 25.1 Å². The van der Waals surface area contributed by atoms with Crippen LogP contribution < -0.4 is 4.74 Å². The molecule has 142 valence electrons. The summed E-state index contributed by atoms with van der Waals surface area (Å²) in [5.74, 6) is -0.226. The molecule has 6 heteroatoms. The first kappa shape index (κ1) is 19.0. The Morgan fingerprint density at radius 2 is 1.89 bits per heavy atom. The van der Waals surface area contributed by atoms with Gasteiger partial charge in [-0.3, -0.25) is 4.57 Å². The van der Waals surface area contributed by atoms with Crippen molar-refractivity contribution in [1.29, 1.82) is 0 Å². The van der Waals surface area contributed by atoms with Crippen molar-refractivity contribution < 1.29 is 18.6 Å². The Morgan fingerprint density at radius 3 is 2.48 bits per heavy atom. The van der Waals surface area contributed by atoms with Gasteiger partial charge in [0.1, 0.15) is 11.6 Å². The van der Waals surface area contributed by atoms with E-state index >= 15 is 0 Å². The Hall–Kier alpha value is -2.73. The highest BCUT2D eigenvalue weighted by molar-refractivity contribution is 5.61. The molecule has 1 heterocycles. The highest BCUT2D eigenvalue weighted by Crippen LogP contribution is 2.30. The fourth-order valence-corrected chi connectivity index (χ4v) is 3.16. The van der Waals surface area contributed by atoms with Gasteiger partial charge in [0, 0.05) is 17.3 Å². The number of halogens is 2. The monoisotopic (exact) mass is 372 g/mol. The molecule has 0 fully saturated rings. The number of nitrogens with zero attached hydrogens (tertiary/aromatic N) is 2. The number of hydrogen-bond donors (Lipinski definition) is 1. The van der Waals surface area contributed by atoms with Crippen LogP contribution in [0.2, 0.25) is 0 Å². The third kappa shape index (κ3) is 3.57. The van der Waals surface area contributed by atoms with Crippen molar-refractivity contribution in [2.45, 2.75) is 33.3 Å². The lowest BCUT2D eigenvalue weighted by Crippen LogP contribution is -2.02. The number of hydrogen-bond acceptors (Lipinski definition) is 3. The van der Waals surface area contributed by atoms with E-state index < -0.39 is 5.82 Å². The summed E-state index contributed by atoms with van der Waals surface area (Å²) in [6, 6.07) is 9.54. The SMILES string of the molecule is CCCc1ccc(-c2nc(CO)c(C)n2-c2ccc(OC)c(F)c2)cc1F. The van der Waals surface area contributed by atoms with Crippen molar-refractivity contribution in [3.63, 3.8) is 0 Å². The van der Waals surface area contributed by atoms with Crippen LogP contribution in [0.3, 0.4) is 0 Å². The van der Waals surface area contributed by atoms with Crippen LogP contribution in [0.4, 0.5) is 8.78 Å². The van der Waals surface area contributed by atoms with Crippen molar-refractivity contribution in [3.05, 3.63) is 65.0 Å². The molecule has 1 aromatic heterocycles. The van der Waals surface area contributed by atoms with Crippen molar-refractivity contribution in [1.82, 2.24) is 9.55 Å². The van der Waals surface area contributed by atoms with Gasteiger partial charge in [-0.05, 0) is 37.1 Å². The standard InChI is InChI=1S/C21H22F2N2O2/c1-4-5-14-6-7-15(10-17(14)22)21-24-19(12-26)13(2)25(21)16-8-9-20(27-3)18(23)11-16/h6-11,26H,4-5,12H2,1-3H3. The van der Waals surface area contributed by atoms with E-state index in [0.717, 1.165) is 6.42 Å². The molecule has 0 saturated carbocycles. The van der Waals surface area contributed by atoms with Crippen LogP contribution in [0.15, 0.2) is 36.4 Å². The zero-order chi connectivity index (χ0) is 19.6. The van der Waals surface area contributed by atoms with Gasteiger partial charge in [-0.25, -0.2) is 13.8 Å². The molecule has 0 spiro atoms. The molecule has 0 atom stereocenters. The van der Waals surface area contributed by atoms with E-state index in [4.69, 9.17) is 4.74 Å². The summed E-state index contributed by atoms with van der Waals surface area (Å²) in [4.78, 5) is 4.46. The van der Waals surface area contributed by atoms with Gasteiger partial charge in [0.2, 0.25) is 0 Å². The minimum atomic E-state index is -0.510. The second-order valence-electron chi connectivity index (χ2n) is 6.34. The van der Waals surface area contributed by atoms with Crippen molar-refractivity contribution in [3.8, 4) is 22.8 Å². The summed E-state index contributed by atoms with van der Waals surface area (Å²) in [5.41, 5.74) is 2.85. The van der Waals surface area contributed by atoms with Gasteiger partial charge in [0.25, 0.3) is 0 Å². The average Bonchev–Trinajstić information content (AvgIpc) is 3.00. The van der Waals surface area contributed by atoms with E-state index in [9.17, 15) is 13.9 Å². The van der Waals surface area contributed by atoms with Crippen LogP contribution in [0.25, 0.3) is 17.1 Å². The minimum absolute atomic E-state index is 0.135. The third-order valence-electron chi connectivity index (χ3n) is 4.58. The zero-order valence-electron chi connectivity index (χ0n) is 15.6. The topological polar surface area (TPSA) is 47.3 Å². The molecule has 3 rings (SSSR count). The molecule has 3 aromatic rings. The number of benzene rings is 2. The lowest BCUT2D eigenvalue weighted by atomic mass is 10.1. The molecule has 0 radical (unpaired) electrons. The smallest absolute Gasteiger partial charge is 0.167 e. The number of rotatable bonds is 6. The molecular weight excluding hydrogens is 350 g/mol. The number of imidazole rings is 1. The van der Waals surface area contributed by atoms with Crippen LogP contribution >= 0.6 is 0 Å².